The predicted molar refractivity (Wildman–Crippen MR) is 53.4 cm³/mol. The molecule has 0 aromatic heterocycles. The molecule has 84 valence electrons. The molecule has 2 heterocycles. The van der Waals surface area contributed by atoms with Crippen LogP contribution in [-0.4, -0.2) is 55.5 Å². The van der Waals surface area contributed by atoms with Crippen LogP contribution in [0.25, 0.3) is 0 Å². The second kappa shape index (κ2) is 4.72. The van der Waals surface area contributed by atoms with Crippen LogP contribution in [0.5, 0.6) is 0 Å². The van der Waals surface area contributed by atoms with Crippen molar-refractivity contribution < 1.29 is 14.3 Å². The summed E-state index contributed by atoms with van der Waals surface area (Å²) in [6, 6.07) is -0.139. The minimum absolute atomic E-state index is 0.0147. The van der Waals surface area contributed by atoms with E-state index in [0.717, 1.165) is 13.1 Å². The van der Waals surface area contributed by atoms with E-state index in [1.807, 2.05) is 0 Å². The van der Waals surface area contributed by atoms with E-state index < -0.39 is 0 Å². The van der Waals surface area contributed by atoms with Crippen LogP contribution in [0.2, 0.25) is 0 Å². The van der Waals surface area contributed by atoms with Gasteiger partial charge in [-0.3, -0.25) is 14.5 Å². The average molecular weight is 212 g/mol. The maximum atomic E-state index is 11.8. The molecule has 0 aromatic rings. The van der Waals surface area contributed by atoms with E-state index in [4.69, 9.17) is 4.74 Å². The number of nitrogens with zero attached hydrogens (tertiary/aromatic N) is 1. The van der Waals surface area contributed by atoms with Crippen LogP contribution in [0, 0.1) is 0 Å². The van der Waals surface area contributed by atoms with Crippen molar-refractivity contribution in [3.8, 4) is 0 Å². The van der Waals surface area contributed by atoms with Crippen LogP contribution in [0.4, 0.5) is 0 Å². The fraction of sp³-hybridized carbons (Fsp3) is 0.800. The molecule has 5 nitrogen and oxygen atoms in total. The summed E-state index contributed by atoms with van der Waals surface area (Å²) in [5, 5.41) is 2.78. The van der Waals surface area contributed by atoms with Gasteiger partial charge < -0.3 is 10.1 Å². The number of rotatable bonds is 1. The summed E-state index contributed by atoms with van der Waals surface area (Å²) in [4.78, 5) is 25.0. The minimum atomic E-state index is -0.139. The van der Waals surface area contributed by atoms with Crippen molar-refractivity contribution >= 4 is 11.7 Å². The maximum Gasteiger partial charge on any atom is 0.220 e. The highest BCUT2D eigenvalue weighted by molar-refractivity contribution is 5.91. The van der Waals surface area contributed by atoms with Gasteiger partial charge in [0.1, 0.15) is 0 Å². The summed E-state index contributed by atoms with van der Waals surface area (Å²) < 4.78 is 5.24. The lowest BCUT2D eigenvalue weighted by Crippen LogP contribution is -2.51. The lowest BCUT2D eigenvalue weighted by atomic mass is 10.1. The lowest BCUT2D eigenvalue weighted by molar-refractivity contribution is -0.126. The molecular weight excluding hydrogens is 196 g/mol. The SMILES string of the molecule is O=C1CCC(=O)C(N2CCOCC2)CN1. The smallest absolute Gasteiger partial charge is 0.220 e. The summed E-state index contributed by atoms with van der Waals surface area (Å²) >= 11 is 0. The van der Waals surface area contributed by atoms with Gasteiger partial charge in [-0.25, -0.2) is 0 Å². The first-order chi connectivity index (χ1) is 7.27. The first-order valence-corrected chi connectivity index (χ1v) is 5.38. The van der Waals surface area contributed by atoms with E-state index in [0.29, 0.717) is 32.6 Å². The molecule has 0 saturated carbocycles. The molecule has 1 amide bonds. The van der Waals surface area contributed by atoms with Crippen molar-refractivity contribution in [2.24, 2.45) is 0 Å². The first kappa shape index (κ1) is 10.6. The van der Waals surface area contributed by atoms with Crippen molar-refractivity contribution in [3.63, 3.8) is 0 Å². The highest BCUT2D eigenvalue weighted by Gasteiger charge is 2.29. The summed E-state index contributed by atoms with van der Waals surface area (Å²) in [6.45, 7) is 3.38. The van der Waals surface area contributed by atoms with Crippen molar-refractivity contribution in [1.29, 1.82) is 0 Å². The number of morpholine rings is 1. The Morgan fingerprint density at radius 3 is 2.67 bits per heavy atom. The molecule has 0 radical (unpaired) electrons. The van der Waals surface area contributed by atoms with E-state index in [-0.39, 0.29) is 17.7 Å². The van der Waals surface area contributed by atoms with E-state index in [1.165, 1.54) is 0 Å². The third kappa shape index (κ3) is 2.54. The molecule has 0 aliphatic carbocycles. The number of Topliss-reactive ketones (excluding diaryl/α,β-unsaturated/α-hetero) is 1. The Kier molecular flexibility index (Phi) is 3.33. The monoisotopic (exact) mass is 212 g/mol. The molecule has 1 unspecified atom stereocenters. The third-order valence-electron chi connectivity index (χ3n) is 2.95. The number of nitrogens with one attached hydrogen (secondary N) is 1. The van der Waals surface area contributed by atoms with Crippen LogP contribution >= 0.6 is 0 Å². The van der Waals surface area contributed by atoms with E-state index in [9.17, 15) is 9.59 Å². The molecule has 1 N–H and O–H groups in total. The Bertz CT molecular complexity index is 261. The van der Waals surface area contributed by atoms with E-state index in [1.54, 1.807) is 0 Å². The number of carbonyl (C=O) groups excluding carboxylic acids is 2. The number of carbonyl (C=O) groups is 2. The van der Waals surface area contributed by atoms with Gasteiger partial charge in [0, 0.05) is 32.5 Å². The number of hydrogen-bond acceptors (Lipinski definition) is 4. The highest BCUT2D eigenvalue weighted by atomic mass is 16.5. The lowest BCUT2D eigenvalue weighted by Gasteiger charge is -2.32. The van der Waals surface area contributed by atoms with Gasteiger partial charge in [-0.2, -0.15) is 0 Å². The van der Waals surface area contributed by atoms with Gasteiger partial charge >= 0.3 is 0 Å². The molecule has 5 heteroatoms. The topological polar surface area (TPSA) is 58.6 Å². The number of ketones is 1. The summed E-state index contributed by atoms with van der Waals surface area (Å²) in [7, 11) is 0. The molecule has 0 bridgehead atoms. The molecule has 0 spiro atoms. The zero-order valence-corrected chi connectivity index (χ0v) is 8.70. The van der Waals surface area contributed by atoms with Crippen molar-refractivity contribution in [1.82, 2.24) is 10.2 Å². The molecule has 1 atom stereocenters. The van der Waals surface area contributed by atoms with Gasteiger partial charge in [0.15, 0.2) is 5.78 Å². The minimum Gasteiger partial charge on any atom is -0.379 e. The predicted octanol–water partition coefficient (Wildman–Crippen LogP) is -0.834. The Hall–Kier alpha value is -0.940. The Balaban J connectivity index is 1.99. The van der Waals surface area contributed by atoms with Gasteiger partial charge in [0.05, 0.1) is 19.3 Å². The molecule has 2 saturated heterocycles. The average Bonchev–Trinajstić information content (AvgIpc) is 2.43. The fourth-order valence-corrected chi connectivity index (χ4v) is 2.04. The van der Waals surface area contributed by atoms with E-state index in [2.05, 4.69) is 10.2 Å². The number of hydrogen-bond donors (Lipinski definition) is 1. The standard InChI is InChI=1S/C10H16N2O3/c13-9-1-2-10(14)11-7-8(9)12-3-5-15-6-4-12/h8H,1-7H2,(H,11,14). The largest absolute Gasteiger partial charge is 0.379 e. The summed E-state index contributed by atoms with van der Waals surface area (Å²) in [5.74, 6) is 0.161. The number of amides is 1. The molecule has 2 aliphatic rings. The zero-order chi connectivity index (χ0) is 10.7. The van der Waals surface area contributed by atoms with Gasteiger partial charge in [0.2, 0.25) is 5.91 Å². The van der Waals surface area contributed by atoms with Crippen molar-refractivity contribution in [3.05, 3.63) is 0 Å². The van der Waals surface area contributed by atoms with Gasteiger partial charge in [0.25, 0.3) is 0 Å². The first-order valence-electron chi connectivity index (χ1n) is 5.38. The van der Waals surface area contributed by atoms with Crippen LogP contribution in [-0.2, 0) is 14.3 Å². The van der Waals surface area contributed by atoms with Crippen LogP contribution < -0.4 is 5.32 Å². The van der Waals surface area contributed by atoms with Gasteiger partial charge in [-0.05, 0) is 0 Å². The molecule has 15 heavy (non-hydrogen) atoms. The fourth-order valence-electron chi connectivity index (χ4n) is 2.04. The maximum absolute atomic E-state index is 11.8. The second-order valence-electron chi connectivity index (χ2n) is 3.93. The molecule has 0 aromatic carbocycles. The van der Waals surface area contributed by atoms with E-state index >= 15 is 0 Å². The Labute approximate surface area is 88.8 Å². The van der Waals surface area contributed by atoms with Crippen LogP contribution in [0.3, 0.4) is 0 Å². The second-order valence-corrected chi connectivity index (χ2v) is 3.93. The number of ether oxygens (including phenoxy) is 1. The molecule has 2 aliphatic heterocycles. The van der Waals surface area contributed by atoms with Gasteiger partial charge in [-0.1, -0.05) is 0 Å². The Morgan fingerprint density at radius 1 is 1.20 bits per heavy atom. The van der Waals surface area contributed by atoms with Crippen LogP contribution in [0.1, 0.15) is 12.8 Å². The normalized spacial score (nSPS) is 29.7. The molecule has 2 fully saturated rings. The van der Waals surface area contributed by atoms with Crippen molar-refractivity contribution in [2.75, 3.05) is 32.8 Å². The summed E-state index contributed by atoms with van der Waals surface area (Å²) in [6.07, 6.45) is 0.702. The zero-order valence-electron chi connectivity index (χ0n) is 8.70. The van der Waals surface area contributed by atoms with Crippen LogP contribution in [0.15, 0.2) is 0 Å². The van der Waals surface area contributed by atoms with Crippen molar-refractivity contribution in [2.45, 2.75) is 18.9 Å². The third-order valence-corrected chi connectivity index (χ3v) is 2.95. The quantitative estimate of drug-likeness (QED) is 0.616. The molecule has 2 rings (SSSR count). The highest BCUT2D eigenvalue weighted by Crippen LogP contribution is 2.10. The molecular formula is C10H16N2O3. The Morgan fingerprint density at radius 2 is 1.93 bits per heavy atom. The summed E-state index contributed by atoms with van der Waals surface area (Å²) in [5.41, 5.74) is 0. The van der Waals surface area contributed by atoms with Gasteiger partial charge in [-0.15, -0.1) is 0 Å².